The van der Waals surface area contributed by atoms with Crippen molar-refractivity contribution in [2.24, 2.45) is 0 Å². The largest absolute Gasteiger partial charge is 0.416 e. The number of nitrogens with one attached hydrogen (secondary N) is 3. The van der Waals surface area contributed by atoms with Crippen LogP contribution in [0.15, 0.2) is 72.8 Å². The molecule has 2 amide bonds. The Kier molecular flexibility index (Phi) is 10.0. The molecule has 2 atom stereocenters. The second kappa shape index (κ2) is 13.6. The minimum atomic E-state index is -4.44. The van der Waals surface area contributed by atoms with E-state index in [1.807, 2.05) is 43.3 Å². The van der Waals surface area contributed by atoms with Crippen LogP contribution in [0.1, 0.15) is 46.8 Å². The maximum atomic E-state index is 13.5. The summed E-state index contributed by atoms with van der Waals surface area (Å²) in [5.74, 6) is -0.398. The fourth-order valence-electron chi connectivity index (χ4n) is 4.89. The molecule has 0 saturated carbocycles. The van der Waals surface area contributed by atoms with Crippen molar-refractivity contribution in [3.05, 3.63) is 95.1 Å². The third kappa shape index (κ3) is 8.31. The Labute approximate surface area is 237 Å². The Morgan fingerprint density at radius 3 is 2.46 bits per heavy atom. The lowest BCUT2D eigenvalue weighted by atomic mass is 10.00. The van der Waals surface area contributed by atoms with E-state index in [1.165, 1.54) is 6.07 Å². The fourth-order valence-corrected chi connectivity index (χ4v) is 4.89. The number of amides is 2. The van der Waals surface area contributed by atoms with Crippen LogP contribution in [0.5, 0.6) is 0 Å². The molecule has 0 bridgehead atoms. The van der Waals surface area contributed by atoms with Crippen molar-refractivity contribution >= 4 is 23.2 Å². The minimum Gasteiger partial charge on any atom is -0.390 e. The van der Waals surface area contributed by atoms with Gasteiger partial charge in [-0.05, 0) is 55.2 Å². The second-order valence-corrected chi connectivity index (χ2v) is 10.1. The average molecular weight is 569 g/mol. The van der Waals surface area contributed by atoms with E-state index in [-0.39, 0.29) is 19.0 Å². The third-order valence-corrected chi connectivity index (χ3v) is 6.96. The molecule has 218 valence electrons. The number of anilines is 2. The van der Waals surface area contributed by atoms with Crippen LogP contribution in [0, 0.1) is 0 Å². The van der Waals surface area contributed by atoms with Gasteiger partial charge in [0, 0.05) is 49.5 Å². The van der Waals surface area contributed by atoms with Crippen LogP contribution >= 0.6 is 0 Å². The number of alkyl halides is 3. The number of nitrogens with zero attached hydrogens (tertiary/aromatic N) is 1. The molecule has 1 aliphatic rings. The van der Waals surface area contributed by atoms with Crippen molar-refractivity contribution in [2.75, 3.05) is 29.9 Å². The van der Waals surface area contributed by atoms with Crippen LogP contribution in [-0.4, -0.2) is 48.7 Å². The highest BCUT2D eigenvalue weighted by molar-refractivity contribution is 6.00. The summed E-state index contributed by atoms with van der Waals surface area (Å²) >= 11 is 0. The number of benzene rings is 3. The van der Waals surface area contributed by atoms with E-state index in [0.717, 1.165) is 24.1 Å². The number of hydrogen-bond donors (Lipinski definition) is 4. The van der Waals surface area contributed by atoms with Crippen molar-refractivity contribution in [3.63, 3.8) is 0 Å². The molecule has 1 saturated heterocycles. The summed E-state index contributed by atoms with van der Waals surface area (Å²) in [6, 6.07) is 18.9. The van der Waals surface area contributed by atoms with Gasteiger partial charge in [-0.3, -0.25) is 9.59 Å². The number of aliphatic hydroxyl groups excluding tert-OH is 1. The molecule has 0 spiro atoms. The average Bonchev–Trinajstić information content (AvgIpc) is 3.38. The van der Waals surface area contributed by atoms with E-state index in [2.05, 4.69) is 16.0 Å². The lowest BCUT2D eigenvalue weighted by Gasteiger charge is -2.25. The molecule has 1 aliphatic heterocycles. The topological polar surface area (TPSA) is 93.7 Å². The third-order valence-electron chi connectivity index (χ3n) is 6.96. The lowest BCUT2D eigenvalue weighted by Crippen LogP contribution is -2.48. The number of rotatable bonds is 12. The van der Waals surface area contributed by atoms with Gasteiger partial charge in [0.25, 0.3) is 5.91 Å². The highest BCUT2D eigenvalue weighted by atomic mass is 19.4. The van der Waals surface area contributed by atoms with E-state index < -0.39 is 29.8 Å². The highest BCUT2D eigenvalue weighted by Crippen LogP contribution is 2.30. The van der Waals surface area contributed by atoms with E-state index >= 15 is 0 Å². The van der Waals surface area contributed by atoms with Crippen molar-refractivity contribution < 1.29 is 27.9 Å². The molecule has 0 radical (unpaired) electrons. The monoisotopic (exact) mass is 568 g/mol. The summed E-state index contributed by atoms with van der Waals surface area (Å²) in [6.45, 7) is 3.31. The van der Waals surface area contributed by atoms with E-state index in [4.69, 9.17) is 0 Å². The van der Waals surface area contributed by atoms with Gasteiger partial charge in [-0.1, -0.05) is 48.5 Å². The van der Waals surface area contributed by atoms with Gasteiger partial charge in [-0.2, -0.15) is 13.2 Å². The molecule has 0 aromatic heterocycles. The summed E-state index contributed by atoms with van der Waals surface area (Å²) in [5, 5.41) is 20.3. The van der Waals surface area contributed by atoms with Gasteiger partial charge < -0.3 is 26.0 Å². The molecule has 3 aromatic carbocycles. The molecule has 4 rings (SSSR count). The number of carbonyl (C=O) groups excluding carboxylic acids is 2. The molecule has 41 heavy (non-hydrogen) atoms. The molecular weight excluding hydrogens is 533 g/mol. The maximum Gasteiger partial charge on any atom is 0.416 e. The predicted molar refractivity (Wildman–Crippen MR) is 153 cm³/mol. The van der Waals surface area contributed by atoms with Crippen molar-refractivity contribution in [3.8, 4) is 0 Å². The molecule has 7 nitrogen and oxygen atoms in total. The van der Waals surface area contributed by atoms with E-state index in [1.54, 1.807) is 23.1 Å². The molecule has 3 aromatic rings. The number of carbonyl (C=O) groups is 2. The van der Waals surface area contributed by atoms with Gasteiger partial charge in [-0.25, -0.2) is 0 Å². The van der Waals surface area contributed by atoms with Crippen molar-refractivity contribution in [1.29, 1.82) is 0 Å². The molecule has 0 unspecified atom stereocenters. The normalized spacial score (nSPS) is 15.0. The maximum absolute atomic E-state index is 13.5. The highest BCUT2D eigenvalue weighted by Gasteiger charge is 2.30. The molecule has 0 aliphatic carbocycles. The summed E-state index contributed by atoms with van der Waals surface area (Å²) in [5.41, 5.74) is 2.29. The van der Waals surface area contributed by atoms with Crippen LogP contribution in [0.4, 0.5) is 24.5 Å². The van der Waals surface area contributed by atoms with E-state index in [9.17, 15) is 27.9 Å². The van der Waals surface area contributed by atoms with Crippen LogP contribution in [0.2, 0.25) is 0 Å². The first kappa shape index (κ1) is 30.1. The van der Waals surface area contributed by atoms with Gasteiger partial charge >= 0.3 is 6.18 Å². The quantitative estimate of drug-likeness (QED) is 0.253. The summed E-state index contributed by atoms with van der Waals surface area (Å²) < 4.78 is 39.2. The van der Waals surface area contributed by atoms with Crippen LogP contribution in [-0.2, 0) is 23.9 Å². The molecule has 1 heterocycles. The van der Waals surface area contributed by atoms with Crippen LogP contribution < -0.4 is 20.9 Å². The Balaban J connectivity index is 1.49. The Bertz CT molecular complexity index is 1330. The first-order chi connectivity index (χ1) is 19.6. The van der Waals surface area contributed by atoms with Crippen LogP contribution in [0.3, 0.4) is 0 Å². The number of halogens is 3. The first-order valence-corrected chi connectivity index (χ1v) is 13.7. The Hall–Kier alpha value is -3.89. The molecule has 1 fully saturated rings. The lowest BCUT2D eigenvalue weighted by molar-refractivity contribution is -0.137. The van der Waals surface area contributed by atoms with Gasteiger partial charge in [0.2, 0.25) is 5.91 Å². The number of aliphatic hydroxyl groups is 1. The van der Waals surface area contributed by atoms with E-state index in [0.29, 0.717) is 48.4 Å². The summed E-state index contributed by atoms with van der Waals surface area (Å²) in [6.07, 6.45) is -3.92. The zero-order valence-corrected chi connectivity index (χ0v) is 22.9. The molecular formula is C31H35F3N4O3. The standard InChI is InChI=1S/C31H35F3N4O3/c1-2-36-25-16-23(17-26(18-25)38-13-7-12-29(38)40)30(41)37-27(15-21-8-4-3-5-9-21)28(39)20-35-19-22-10-6-11-24(14-22)31(32,33)34/h3-6,8-11,14,16-18,27-28,35-36,39H,2,7,12-13,15,19-20H2,1H3,(H,37,41)/t27-,28-/m0/s1. The summed E-state index contributed by atoms with van der Waals surface area (Å²) in [4.78, 5) is 27.5. The van der Waals surface area contributed by atoms with Gasteiger partial charge in [0.1, 0.15) is 0 Å². The fraction of sp³-hybridized carbons (Fsp3) is 0.355. The molecule has 4 N–H and O–H groups in total. The van der Waals surface area contributed by atoms with Crippen molar-refractivity contribution in [1.82, 2.24) is 10.6 Å². The summed E-state index contributed by atoms with van der Waals surface area (Å²) in [7, 11) is 0. The first-order valence-electron chi connectivity index (χ1n) is 13.7. The van der Waals surface area contributed by atoms with Gasteiger partial charge in [0.15, 0.2) is 0 Å². The Morgan fingerprint density at radius 2 is 1.78 bits per heavy atom. The van der Waals surface area contributed by atoms with Gasteiger partial charge in [0.05, 0.1) is 17.7 Å². The second-order valence-electron chi connectivity index (χ2n) is 10.1. The van der Waals surface area contributed by atoms with Gasteiger partial charge in [-0.15, -0.1) is 0 Å². The molecule has 10 heteroatoms. The smallest absolute Gasteiger partial charge is 0.390 e. The zero-order chi connectivity index (χ0) is 29.4. The zero-order valence-electron chi connectivity index (χ0n) is 22.9. The van der Waals surface area contributed by atoms with Crippen LogP contribution in [0.25, 0.3) is 0 Å². The van der Waals surface area contributed by atoms with Crippen molar-refractivity contribution in [2.45, 2.75) is 51.1 Å². The SMILES string of the molecule is CCNc1cc(C(=O)N[C@@H](Cc2ccccc2)[C@@H](O)CNCc2cccc(C(F)(F)F)c2)cc(N2CCCC2=O)c1. The number of hydrogen-bond acceptors (Lipinski definition) is 5. The Morgan fingerprint density at radius 1 is 1.02 bits per heavy atom. The minimum absolute atomic E-state index is 0.00854. The predicted octanol–water partition coefficient (Wildman–Crippen LogP) is 4.76.